The molecule has 3 rings (SSSR count). The van der Waals surface area contributed by atoms with E-state index in [4.69, 9.17) is 11.6 Å². The molecule has 1 aliphatic rings. The van der Waals surface area contributed by atoms with E-state index < -0.39 is 11.7 Å². The monoisotopic (exact) mass is 345 g/mol. The fraction of sp³-hybridized carbons (Fsp3) is 0.429. The Morgan fingerprint density at radius 2 is 2.26 bits per heavy atom. The number of nitrogens with one attached hydrogen (secondary N) is 2. The number of anilines is 1. The van der Waals surface area contributed by atoms with Gasteiger partial charge in [-0.1, -0.05) is 11.6 Å². The first kappa shape index (κ1) is 16.1. The number of alkyl halides is 3. The van der Waals surface area contributed by atoms with Gasteiger partial charge in [0, 0.05) is 43.8 Å². The Hall–Kier alpha value is -1.80. The first-order valence-corrected chi connectivity index (χ1v) is 7.50. The highest BCUT2D eigenvalue weighted by atomic mass is 35.5. The van der Waals surface area contributed by atoms with Crippen LogP contribution in [0.3, 0.4) is 0 Å². The van der Waals surface area contributed by atoms with Crippen LogP contribution >= 0.6 is 11.6 Å². The summed E-state index contributed by atoms with van der Waals surface area (Å²) in [7, 11) is 0. The number of hydrogen-bond acceptors (Lipinski definition) is 4. The average molecular weight is 346 g/mol. The smallest absolute Gasteiger partial charge is 0.354 e. The van der Waals surface area contributed by atoms with Crippen molar-refractivity contribution in [3.8, 4) is 0 Å². The number of halogens is 4. The number of pyridine rings is 1. The zero-order valence-corrected chi connectivity index (χ0v) is 12.8. The number of aromatic nitrogens is 3. The van der Waals surface area contributed by atoms with Crippen LogP contribution in [0.5, 0.6) is 0 Å². The first-order chi connectivity index (χ1) is 10.9. The second-order valence-electron chi connectivity index (χ2n) is 5.42. The lowest BCUT2D eigenvalue weighted by molar-refractivity contribution is -0.137. The maximum atomic E-state index is 12.6. The maximum Gasteiger partial charge on any atom is 0.417 e. The van der Waals surface area contributed by atoms with Crippen LogP contribution in [-0.4, -0.2) is 34.3 Å². The van der Waals surface area contributed by atoms with Gasteiger partial charge in [-0.3, -0.25) is 5.10 Å². The van der Waals surface area contributed by atoms with E-state index in [1.165, 1.54) is 0 Å². The largest absolute Gasteiger partial charge is 0.417 e. The van der Waals surface area contributed by atoms with Crippen molar-refractivity contribution in [2.75, 3.05) is 18.0 Å². The average Bonchev–Trinajstić information content (AvgIpc) is 3.15. The third-order valence-corrected chi connectivity index (χ3v) is 4.05. The van der Waals surface area contributed by atoms with E-state index in [0.29, 0.717) is 25.5 Å². The van der Waals surface area contributed by atoms with Crippen molar-refractivity contribution in [2.24, 2.45) is 0 Å². The van der Waals surface area contributed by atoms with Gasteiger partial charge in [-0.2, -0.15) is 18.3 Å². The Labute approximate surface area is 135 Å². The molecule has 1 saturated heterocycles. The first-order valence-electron chi connectivity index (χ1n) is 7.13. The Morgan fingerprint density at radius 3 is 2.91 bits per heavy atom. The molecule has 0 amide bonds. The predicted octanol–water partition coefficient (Wildman–Crippen LogP) is 2.85. The summed E-state index contributed by atoms with van der Waals surface area (Å²) in [5.74, 6) is 0.394. The molecule has 0 aromatic carbocycles. The molecular weight excluding hydrogens is 331 g/mol. The van der Waals surface area contributed by atoms with Crippen LogP contribution in [0.4, 0.5) is 19.0 Å². The Balaban J connectivity index is 1.62. The number of rotatable bonds is 4. The molecule has 1 aliphatic heterocycles. The van der Waals surface area contributed by atoms with Crippen molar-refractivity contribution in [3.05, 3.63) is 40.8 Å². The minimum absolute atomic E-state index is 0.0223. The van der Waals surface area contributed by atoms with E-state index in [0.717, 1.165) is 24.4 Å². The second-order valence-corrected chi connectivity index (χ2v) is 5.83. The van der Waals surface area contributed by atoms with E-state index in [1.54, 1.807) is 6.20 Å². The third kappa shape index (κ3) is 3.76. The fourth-order valence-corrected chi connectivity index (χ4v) is 2.86. The minimum Gasteiger partial charge on any atom is -0.354 e. The molecular formula is C14H15ClF3N5. The van der Waals surface area contributed by atoms with Crippen LogP contribution in [-0.2, 0) is 12.7 Å². The molecule has 0 aliphatic carbocycles. The summed E-state index contributed by atoms with van der Waals surface area (Å²) in [5.41, 5.74) is 0.147. The van der Waals surface area contributed by atoms with E-state index >= 15 is 0 Å². The molecule has 2 N–H and O–H groups in total. The van der Waals surface area contributed by atoms with Crippen LogP contribution in [0.15, 0.2) is 24.5 Å². The summed E-state index contributed by atoms with van der Waals surface area (Å²) in [6.45, 7) is 2.00. The zero-order chi connectivity index (χ0) is 16.4. The maximum absolute atomic E-state index is 12.6. The summed E-state index contributed by atoms with van der Waals surface area (Å²) in [6.07, 6.45) is -1.06. The fourth-order valence-electron chi connectivity index (χ4n) is 2.58. The van der Waals surface area contributed by atoms with Crippen molar-refractivity contribution >= 4 is 17.4 Å². The summed E-state index contributed by atoms with van der Waals surface area (Å²) in [6, 6.07) is 3.03. The van der Waals surface area contributed by atoms with Gasteiger partial charge in [0.05, 0.1) is 10.6 Å². The van der Waals surface area contributed by atoms with Crippen molar-refractivity contribution in [1.29, 1.82) is 0 Å². The number of aromatic amines is 1. The van der Waals surface area contributed by atoms with Crippen molar-refractivity contribution in [1.82, 2.24) is 20.5 Å². The standard InChI is InChI=1S/C14H15ClF3N5/c15-12-5-9(14(16,17)18)6-20-13(12)23-4-2-11(8-23)19-7-10-1-3-21-22-10/h1,3,5-6,11,19H,2,4,7-8H2,(H,21,22)/t11-/m1/s1. The van der Waals surface area contributed by atoms with Gasteiger partial charge in [-0.15, -0.1) is 0 Å². The van der Waals surface area contributed by atoms with Crippen LogP contribution in [0.25, 0.3) is 0 Å². The van der Waals surface area contributed by atoms with Crippen molar-refractivity contribution < 1.29 is 13.2 Å². The van der Waals surface area contributed by atoms with E-state index in [9.17, 15) is 13.2 Å². The summed E-state index contributed by atoms with van der Waals surface area (Å²) >= 11 is 5.98. The molecule has 23 heavy (non-hydrogen) atoms. The molecule has 9 heteroatoms. The Morgan fingerprint density at radius 1 is 1.43 bits per heavy atom. The van der Waals surface area contributed by atoms with Crippen LogP contribution < -0.4 is 10.2 Å². The molecule has 5 nitrogen and oxygen atoms in total. The lowest BCUT2D eigenvalue weighted by Crippen LogP contribution is -2.32. The highest BCUT2D eigenvalue weighted by Crippen LogP contribution is 2.34. The molecule has 2 aromatic heterocycles. The summed E-state index contributed by atoms with van der Waals surface area (Å²) < 4.78 is 37.9. The number of hydrogen-bond donors (Lipinski definition) is 2. The van der Waals surface area contributed by atoms with Gasteiger partial charge in [0.2, 0.25) is 0 Å². The molecule has 0 bridgehead atoms. The van der Waals surface area contributed by atoms with Crippen LogP contribution in [0.1, 0.15) is 17.7 Å². The summed E-state index contributed by atoms with van der Waals surface area (Å²) in [4.78, 5) is 5.80. The van der Waals surface area contributed by atoms with Gasteiger partial charge < -0.3 is 10.2 Å². The molecule has 1 fully saturated rings. The molecule has 0 saturated carbocycles. The molecule has 0 radical (unpaired) electrons. The molecule has 1 atom stereocenters. The molecule has 3 heterocycles. The van der Waals surface area contributed by atoms with Gasteiger partial charge >= 0.3 is 6.18 Å². The quantitative estimate of drug-likeness (QED) is 0.894. The van der Waals surface area contributed by atoms with Crippen molar-refractivity contribution in [2.45, 2.75) is 25.2 Å². The molecule has 124 valence electrons. The van der Waals surface area contributed by atoms with Gasteiger partial charge in [0.1, 0.15) is 5.82 Å². The minimum atomic E-state index is -4.44. The van der Waals surface area contributed by atoms with Gasteiger partial charge in [-0.25, -0.2) is 4.98 Å². The second kappa shape index (κ2) is 6.37. The summed E-state index contributed by atoms with van der Waals surface area (Å²) in [5, 5.41) is 10.1. The Bertz CT molecular complexity index is 659. The number of nitrogens with zero attached hydrogens (tertiary/aromatic N) is 3. The molecule has 0 unspecified atom stereocenters. The van der Waals surface area contributed by atoms with Crippen LogP contribution in [0, 0.1) is 0 Å². The SMILES string of the molecule is FC(F)(F)c1cnc(N2CC[C@@H](NCc3ccn[nH]3)C2)c(Cl)c1. The Kier molecular flexibility index (Phi) is 4.45. The normalized spacial score (nSPS) is 18.6. The van der Waals surface area contributed by atoms with Gasteiger partial charge in [0.15, 0.2) is 0 Å². The predicted molar refractivity (Wildman–Crippen MR) is 80.3 cm³/mol. The topological polar surface area (TPSA) is 56.8 Å². The van der Waals surface area contributed by atoms with Gasteiger partial charge in [-0.05, 0) is 18.6 Å². The van der Waals surface area contributed by atoms with Gasteiger partial charge in [0.25, 0.3) is 0 Å². The van der Waals surface area contributed by atoms with Crippen LogP contribution in [0.2, 0.25) is 5.02 Å². The van der Waals surface area contributed by atoms with E-state index in [1.807, 2.05) is 11.0 Å². The highest BCUT2D eigenvalue weighted by Gasteiger charge is 2.32. The van der Waals surface area contributed by atoms with Crippen molar-refractivity contribution in [3.63, 3.8) is 0 Å². The highest BCUT2D eigenvalue weighted by molar-refractivity contribution is 6.33. The lowest BCUT2D eigenvalue weighted by Gasteiger charge is -2.20. The van der Waals surface area contributed by atoms with E-state index in [2.05, 4.69) is 20.5 Å². The lowest BCUT2D eigenvalue weighted by atomic mass is 10.2. The third-order valence-electron chi connectivity index (χ3n) is 3.78. The zero-order valence-electron chi connectivity index (χ0n) is 12.1. The molecule has 2 aromatic rings. The molecule has 0 spiro atoms. The number of H-pyrrole nitrogens is 1. The van der Waals surface area contributed by atoms with E-state index in [-0.39, 0.29) is 11.1 Å².